The van der Waals surface area contributed by atoms with Gasteiger partial charge in [-0.25, -0.2) is 9.48 Å². The predicted molar refractivity (Wildman–Crippen MR) is 58.4 cm³/mol. The number of aromatic nitrogens is 6. The van der Waals surface area contributed by atoms with Gasteiger partial charge in [-0.2, -0.15) is 0 Å². The second kappa shape index (κ2) is 4.53. The molecule has 0 aromatic carbocycles. The van der Waals surface area contributed by atoms with Crippen LogP contribution in [0.15, 0.2) is 0 Å². The number of hydrogen-bond acceptors (Lipinski definition) is 7. The average molecular weight is 254 g/mol. The first-order chi connectivity index (χ1) is 8.15. The second-order valence-corrected chi connectivity index (χ2v) is 4.12. The predicted octanol–water partition coefficient (Wildman–Crippen LogP) is 0.400. The fraction of sp³-hybridized carbons (Fsp3) is 0.500. The molecule has 90 valence electrons. The SMILES string of the molecule is CCc1nnsc1-c1nnnn1C(C)C(=O)O. The molecule has 1 atom stereocenters. The molecule has 0 aliphatic heterocycles. The smallest absolute Gasteiger partial charge is 0.328 e. The summed E-state index contributed by atoms with van der Waals surface area (Å²) in [7, 11) is 0. The quantitative estimate of drug-likeness (QED) is 0.841. The van der Waals surface area contributed by atoms with Crippen LogP contribution in [0.4, 0.5) is 0 Å². The van der Waals surface area contributed by atoms with Crippen molar-refractivity contribution in [2.45, 2.75) is 26.3 Å². The Morgan fingerprint density at radius 2 is 2.29 bits per heavy atom. The molecule has 2 aromatic rings. The van der Waals surface area contributed by atoms with Crippen LogP contribution in [0.3, 0.4) is 0 Å². The van der Waals surface area contributed by atoms with E-state index in [1.807, 2.05) is 6.92 Å². The summed E-state index contributed by atoms with van der Waals surface area (Å²) in [5.41, 5.74) is 0.767. The fourth-order valence-corrected chi connectivity index (χ4v) is 2.05. The van der Waals surface area contributed by atoms with Gasteiger partial charge in [0.15, 0.2) is 11.9 Å². The van der Waals surface area contributed by atoms with Crippen LogP contribution in [0.25, 0.3) is 10.7 Å². The van der Waals surface area contributed by atoms with Crippen LogP contribution in [0.2, 0.25) is 0 Å². The van der Waals surface area contributed by atoms with Gasteiger partial charge >= 0.3 is 5.97 Å². The molecule has 0 saturated carbocycles. The maximum atomic E-state index is 10.9. The van der Waals surface area contributed by atoms with Gasteiger partial charge in [-0.15, -0.1) is 10.2 Å². The normalized spacial score (nSPS) is 12.6. The Bertz CT molecular complexity index is 536. The van der Waals surface area contributed by atoms with Crippen molar-refractivity contribution < 1.29 is 9.90 Å². The van der Waals surface area contributed by atoms with E-state index in [0.717, 1.165) is 17.2 Å². The molecule has 0 bridgehead atoms. The molecule has 1 unspecified atom stereocenters. The van der Waals surface area contributed by atoms with E-state index in [2.05, 4.69) is 25.1 Å². The van der Waals surface area contributed by atoms with Gasteiger partial charge in [0.25, 0.3) is 0 Å². The van der Waals surface area contributed by atoms with Crippen molar-refractivity contribution in [1.82, 2.24) is 29.8 Å². The number of carboxylic acids is 1. The lowest BCUT2D eigenvalue weighted by atomic mass is 10.2. The number of rotatable bonds is 4. The largest absolute Gasteiger partial charge is 0.480 e. The summed E-state index contributed by atoms with van der Waals surface area (Å²) in [5.74, 6) is -0.596. The molecule has 0 aliphatic carbocycles. The summed E-state index contributed by atoms with van der Waals surface area (Å²) in [4.78, 5) is 11.6. The second-order valence-electron chi connectivity index (χ2n) is 3.36. The molecule has 2 heterocycles. The zero-order chi connectivity index (χ0) is 12.4. The van der Waals surface area contributed by atoms with Crippen LogP contribution in [-0.2, 0) is 11.2 Å². The van der Waals surface area contributed by atoms with Gasteiger partial charge in [-0.1, -0.05) is 11.4 Å². The average Bonchev–Trinajstić information content (AvgIpc) is 2.95. The van der Waals surface area contributed by atoms with E-state index in [9.17, 15) is 4.79 Å². The van der Waals surface area contributed by atoms with Crippen molar-refractivity contribution in [3.63, 3.8) is 0 Å². The van der Waals surface area contributed by atoms with Gasteiger partial charge in [0.05, 0.1) is 5.69 Å². The molecule has 0 spiro atoms. The van der Waals surface area contributed by atoms with Gasteiger partial charge in [0, 0.05) is 0 Å². The summed E-state index contributed by atoms with van der Waals surface area (Å²) < 4.78 is 5.09. The number of tetrazole rings is 1. The summed E-state index contributed by atoms with van der Waals surface area (Å²) in [5, 5.41) is 23.9. The van der Waals surface area contributed by atoms with Crippen molar-refractivity contribution in [3.05, 3.63) is 5.69 Å². The van der Waals surface area contributed by atoms with E-state index in [1.54, 1.807) is 0 Å². The van der Waals surface area contributed by atoms with Crippen LogP contribution in [0.1, 0.15) is 25.6 Å². The van der Waals surface area contributed by atoms with Gasteiger partial charge in [-0.3, -0.25) is 0 Å². The van der Waals surface area contributed by atoms with Crippen molar-refractivity contribution in [2.75, 3.05) is 0 Å². The molecule has 17 heavy (non-hydrogen) atoms. The van der Waals surface area contributed by atoms with Gasteiger partial charge in [0.2, 0.25) is 0 Å². The van der Waals surface area contributed by atoms with Crippen molar-refractivity contribution in [3.8, 4) is 10.7 Å². The first-order valence-electron chi connectivity index (χ1n) is 4.97. The molecular formula is C8H10N6O2S. The maximum Gasteiger partial charge on any atom is 0.328 e. The molecule has 0 radical (unpaired) electrons. The lowest BCUT2D eigenvalue weighted by molar-refractivity contribution is -0.140. The van der Waals surface area contributed by atoms with Crippen LogP contribution in [0.5, 0.6) is 0 Å². The molecule has 1 N–H and O–H groups in total. The van der Waals surface area contributed by atoms with Gasteiger partial charge < -0.3 is 5.11 Å². The lowest BCUT2D eigenvalue weighted by Gasteiger charge is -2.07. The molecule has 9 heteroatoms. The van der Waals surface area contributed by atoms with E-state index in [0.29, 0.717) is 17.1 Å². The van der Waals surface area contributed by atoms with E-state index in [1.165, 1.54) is 11.6 Å². The van der Waals surface area contributed by atoms with Crippen molar-refractivity contribution in [1.29, 1.82) is 0 Å². The van der Waals surface area contributed by atoms with E-state index in [-0.39, 0.29) is 0 Å². The first kappa shape index (κ1) is 11.6. The highest BCUT2D eigenvalue weighted by Gasteiger charge is 2.23. The standard InChI is InChI=1S/C8H10N6O2S/c1-3-5-6(17-13-9-5)7-10-11-12-14(7)4(2)8(15)16/h4H,3H2,1-2H3,(H,15,16). The maximum absolute atomic E-state index is 10.9. The molecule has 0 aliphatic rings. The Labute approximate surface area is 100 Å². The summed E-state index contributed by atoms with van der Waals surface area (Å²) in [6, 6.07) is -0.827. The number of carbonyl (C=O) groups is 1. The fourth-order valence-electron chi connectivity index (χ4n) is 1.32. The molecule has 8 nitrogen and oxygen atoms in total. The number of aliphatic carboxylic acids is 1. The van der Waals surface area contributed by atoms with Crippen LogP contribution >= 0.6 is 11.5 Å². The Morgan fingerprint density at radius 1 is 1.53 bits per heavy atom. The van der Waals surface area contributed by atoms with Gasteiger partial charge in [-0.05, 0) is 35.3 Å². The van der Waals surface area contributed by atoms with E-state index >= 15 is 0 Å². The molecule has 2 aromatic heterocycles. The van der Waals surface area contributed by atoms with Crippen molar-refractivity contribution >= 4 is 17.5 Å². The monoisotopic (exact) mass is 254 g/mol. The van der Waals surface area contributed by atoms with Crippen molar-refractivity contribution in [2.24, 2.45) is 0 Å². The number of nitrogens with zero attached hydrogens (tertiary/aromatic N) is 6. The Balaban J connectivity index is 2.47. The Kier molecular flexibility index (Phi) is 3.09. The molecule has 0 fully saturated rings. The third kappa shape index (κ3) is 2.00. The topological polar surface area (TPSA) is 107 Å². The van der Waals surface area contributed by atoms with Crippen LogP contribution < -0.4 is 0 Å². The molecule has 0 saturated heterocycles. The third-order valence-corrected chi connectivity index (χ3v) is 3.07. The van der Waals surface area contributed by atoms with Crippen LogP contribution in [0, 0.1) is 0 Å². The number of hydrogen-bond donors (Lipinski definition) is 1. The highest BCUT2D eigenvalue weighted by Crippen LogP contribution is 2.25. The van der Waals surface area contributed by atoms with E-state index in [4.69, 9.17) is 5.11 Å². The van der Waals surface area contributed by atoms with Gasteiger partial charge in [0.1, 0.15) is 4.88 Å². The number of carboxylic acid groups (broad SMARTS) is 1. The highest BCUT2D eigenvalue weighted by atomic mass is 32.1. The minimum atomic E-state index is -0.992. The zero-order valence-electron chi connectivity index (χ0n) is 9.23. The molecule has 2 rings (SSSR count). The Hall–Kier alpha value is -1.90. The summed E-state index contributed by atoms with van der Waals surface area (Å²) in [6.07, 6.45) is 0.695. The lowest BCUT2D eigenvalue weighted by Crippen LogP contribution is -2.18. The molecular weight excluding hydrogens is 244 g/mol. The van der Waals surface area contributed by atoms with Crippen LogP contribution in [-0.4, -0.2) is 40.9 Å². The molecule has 0 amide bonds. The third-order valence-electron chi connectivity index (χ3n) is 2.31. The zero-order valence-corrected chi connectivity index (χ0v) is 10.0. The minimum absolute atomic E-state index is 0.395. The number of aryl methyl sites for hydroxylation is 1. The summed E-state index contributed by atoms with van der Waals surface area (Å²) in [6.45, 7) is 3.46. The first-order valence-corrected chi connectivity index (χ1v) is 5.74. The van der Waals surface area contributed by atoms with E-state index < -0.39 is 12.0 Å². The minimum Gasteiger partial charge on any atom is -0.480 e. The summed E-state index contributed by atoms with van der Waals surface area (Å²) >= 11 is 1.16. The Morgan fingerprint density at radius 3 is 2.94 bits per heavy atom. The highest BCUT2D eigenvalue weighted by molar-refractivity contribution is 7.09.